The molecule has 6 nitrogen and oxygen atoms in total. The number of benzene rings is 4. The molecule has 0 saturated carbocycles. The lowest BCUT2D eigenvalue weighted by Crippen LogP contribution is -2.14. The molecule has 0 atom stereocenters. The summed E-state index contributed by atoms with van der Waals surface area (Å²) in [4.78, 5) is 0.115. The van der Waals surface area contributed by atoms with Crippen molar-refractivity contribution in [3.8, 4) is 28.4 Å². The van der Waals surface area contributed by atoms with E-state index in [0.717, 1.165) is 5.56 Å². The molecule has 0 fully saturated rings. The van der Waals surface area contributed by atoms with Gasteiger partial charge in [-0.3, -0.25) is 4.72 Å². The number of aryl methyl sites for hydroxylation is 1. The van der Waals surface area contributed by atoms with Gasteiger partial charge in [0, 0.05) is 11.1 Å². The molecule has 0 heterocycles. The number of nitrogens with one attached hydrogen (secondary N) is 1. The van der Waals surface area contributed by atoms with Crippen molar-refractivity contribution in [1.29, 1.82) is 0 Å². The van der Waals surface area contributed by atoms with E-state index in [1.165, 1.54) is 18.2 Å². The largest absolute Gasteiger partial charge is 0.507 e. The van der Waals surface area contributed by atoms with Crippen LogP contribution in [0.1, 0.15) is 36.5 Å². The summed E-state index contributed by atoms with van der Waals surface area (Å²) in [5, 5.41) is 33.8. The second kappa shape index (κ2) is 8.57. The second-order valence-corrected chi connectivity index (χ2v) is 10.5. The van der Waals surface area contributed by atoms with Crippen molar-refractivity contribution in [2.45, 2.75) is 38.5 Å². The molecule has 4 N–H and O–H groups in total. The number of sulfonamides is 1. The van der Waals surface area contributed by atoms with Crippen molar-refractivity contribution in [3.05, 3.63) is 77.4 Å². The van der Waals surface area contributed by atoms with E-state index in [-0.39, 0.29) is 44.9 Å². The Morgan fingerprint density at radius 3 is 2.12 bits per heavy atom. The fourth-order valence-corrected chi connectivity index (χ4v) is 5.25. The third-order valence-corrected chi connectivity index (χ3v) is 7.42. The van der Waals surface area contributed by atoms with E-state index < -0.39 is 10.0 Å². The van der Waals surface area contributed by atoms with Gasteiger partial charge in [0.1, 0.15) is 5.75 Å². The van der Waals surface area contributed by atoms with Crippen molar-refractivity contribution in [2.75, 3.05) is 4.72 Å². The third kappa shape index (κ3) is 4.03. The van der Waals surface area contributed by atoms with Crippen LogP contribution in [0.2, 0.25) is 0 Å². The van der Waals surface area contributed by atoms with Gasteiger partial charge >= 0.3 is 0 Å². The Hall–Kier alpha value is -3.71. The normalized spacial score (nSPS) is 11.8. The van der Waals surface area contributed by atoms with Crippen LogP contribution < -0.4 is 4.72 Å². The number of anilines is 1. The van der Waals surface area contributed by atoms with Gasteiger partial charge in [-0.25, -0.2) is 8.42 Å². The van der Waals surface area contributed by atoms with Gasteiger partial charge in [0.05, 0.1) is 10.6 Å². The molecule has 4 aromatic rings. The maximum atomic E-state index is 13.1. The molecule has 4 aromatic carbocycles. The van der Waals surface area contributed by atoms with Gasteiger partial charge in [0.2, 0.25) is 0 Å². The lowest BCUT2D eigenvalue weighted by molar-refractivity contribution is 0.405. The molecule has 0 unspecified atom stereocenters. The molecule has 0 bridgehead atoms. The summed E-state index contributed by atoms with van der Waals surface area (Å²) < 4.78 is 29.0. The first-order chi connectivity index (χ1) is 16.0. The molecule has 176 valence electrons. The number of hydrogen-bond donors (Lipinski definition) is 4. The van der Waals surface area contributed by atoms with Gasteiger partial charge < -0.3 is 15.3 Å². The van der Waals surface area contributed by atoms with Crippen LogP contribution >= 0.6 is 0 Å². The van der Waals surface area contributed by atoms with Gasteiger partial charge in [-0.1, -0.05) is 55.8 Å². The smallest absolute Gasteiger partial charge is 0.261 e. The van der Waals surface area contributed by atoms with Crippen LogP contribution in [-0.2, 0) is 10.0 Å². The highest BCUT2D eigenvalue weighted by Gasteiger charge is 2.26. The van der Waals surface area contributed by atoms with E-state index >= 15 is 0 Å². The predicted octanol–water partition coefficient (Wildman–Crippen LogP) is 6.16. The zero-order valence-electron chi connectivity index (χ0n) is 19.4. The topological polar surface area (TPSA) is 107 Å². The molecule has 4 rings (SSSR count). The molecule has 34 heavy (non-hydrogen) atoms. The van der Waals surface area contributed by atoms with E-state index in [0.29, 0.717) is 21.9 Å². The average molecular weight is 478 g/mol. The maximum absolute atomic E-state index is 13.1. The van der Waals surface area contributed by atoms with Gasteiger partial charge in [-0.2, -0.15) is 0 Å². The molecule has 0 spiro atoms. The fraction of sp³-hybridized carbons (Fsp3) is 0.185. The van der Waals surface area contributed by atoms with E-state index in [1.807, 2.05) is 20.8 Å². The minimum absolute atomic E-state index is 0.0724. The van der Waals surface area contributed by atoms with Crippen molar-refractivity contribution >= 4 is 26.5 Å². The Labute approximate surface area is 199 Å². The Balaban J connectivity index is 2.01. The zero-order chi connectivity index (χ0) is 24.8. The molecule has 7 heteroatoms. The van der Waals surface area contributed by atoms with Gasteiger partial charge in [0.25, 0.3) is 10.0 Å². The molecule has 0 amide bonds. The van der Waals surface area contributed by atoms with Crippen molar-refractivity contribution < 1.29 is 23.7 Å². The number of fused-ring (bicyclic) bond motifs is 1. The number of phenols is 3. The minimum atomic E-state index is -3.91. The first-order valence-corrected chi connectivity index (χ1v) is 12.4. The summed E-state index contributed by atoms with van der Waals surface area (Å²) in [6.07, 6.45) is 0. The molecular formula is C27H27NO5S. The monoisotopic (exact) mass is 477 g/mol. The maximum Gasteiger partial charge on any atom is 0.261 e. The number of rotatable bonds is 5. The quantitative estimate of drug-likeness (QED) is 0.203. The minimum Gasteiger partial charge on any atom is -0.507 e. The average Bonchev–Trinajstić information content (AvgIpc) is 2.78. The standard InChI is InChI=1S/C27H27NO5S/c1-15(2)21-14-22(28-34(32,33)19-11-9-16(3)10-12-19)17(4)24(26(21)30)25-20-8-6-5-7-18(20)13-23(29)27(25)31/h5-15,28-31H,1-4H3. The van der Waals surface area contributed by atoms with Crippen LogP contribution in [0, 0.1) is 13.8 Å². The highest BCUT2D eigenvalue weighted by molar-refractivity contribution is 7.92. The van der Waals surface area contributed by atoms with Gasteiger partial charge in [0.15, 0.2) is 11.5 Å². The number of aromatic hydroxyl groups is 3. The summed E-state index contributed by atoms with van der Waals surface area (Å²) in [7, 11) is -3.91. The summed E-state index contributed by atoms with van der Waals surface area (Å²) in [6.45, 7) is 7.31. The highest BCUT2D eigenvalue weighted by Crippen LogP contribution is 2.50. The summed E-state index contributed by atoms with van der Waals surface area (Å²) in [5.41, 5.74) is 2.65. The van der Waals surface area contributed by atoms with Crippen molar-refractivity contribution in [3.63, 3.8) is 0 Å². The molecule has 0 aliphatic carbocycles. The van der Waals surface area contributed by atoms with Gasteiger partial charge in [-0.15, -0.1) is 0 Å². The summed E-state index contributed by atoms with van der Waals surface area (Å²) in [5.74, 6) is -0.931. The van der Waals surface area contributed by atoms with Crippen LogP contribution in [0.4, 0.5) is 5.69 Å². The predicted molar refractivity (Wildman–Crippen MR) is 135 cm³/mol. The van der Waals surface area contributed by atoms with Crippen LogP contribution in [0.25, 0.3) is 21.9 Å². The van der Waals surface area contributed by atoms with E-state index in [9.17, 15) is 23.7 Å². The molecular weight excluding hydrogens is 450 g/mol. The van der Waals surface area contributed by atoms with E-state index in [1.54, 1.807) is 49.4 Å². The van der Waals surface area contributed by atoms with E-state index in [4.69, 9.17) is 0 Å². The van der Waals surface area contributed by atoms with Crippen LogP contribution in [-0.4, -0.2) is 23.7 Å². The van der Waals surface area contributed by atoms with Crippen LogP contribution in [0.5, 0.6) is 17.2 Å². The Morgan fingerprint density at radius 2 is 1.47 bits per heavy atom. The first-order valence-electron chi connectivity index (χ1n) is 10.9. The Bertz CT molecular complexity index is 1510. The van der Waals surface area contributed by atoms with Gasteiger partial charge in [-0.05, 0) is 65.9 Å². The lowest BCUT2D eigenvalue weighted by Gasteiger charge is -2.22. The Kier molecular flexibility index (Phi) is 5.91. The van der Waals surface area contributed by atoms with E-state index in [2.05, 4.69) is 4.72 Å². The molecule has 0 saturated heterocycles. The molecule has 0 aliphatic heterocycles. The summed E-state index contributed by atoms with van der Waals surface area (Å²) >= 11 is 0. The molecule has 0 aliphatic rings. The lowest BCUT2D eigenvalue weighted by atomic mass is 9.88. The van der Waals surface area contributed by atoms with Crippen LogP contribution in [0.3, 0.4) is 0 Å². The fourth-order valence-electron chi connectivity index (χ4n) is 4.14. The van der Waals surface area contributed by atoms with Crippen LogP contribution in [0.15, 0.2) is 65.6 Å². The second-order valence-electron chi connectivity index (χ2n) is 8.78. The summed E-state index contributed by atoms with van der Waals surface area (Å²) in [6, 6.07) is 16.8. The SMILES string of the molecule is Cc1ccc(S(=O)(=O)Nc2cc(C(C)C)c(O)c(-c3c(O)c(O)cc4ccccc34)c2C)cc1. The highest BCUT2D eigenvalue weighted by atomic mass is 32.2. The first kappa shape index (κ1) is 23.4. The van der Waals surface area contributed by atoms with Crippen molar-refractivity contribution in [1.82, 2.24) is 0 Å². The van der Waals surface area contributed by atoms with Crippen molar-refractivity contribution in [2.24, 2.45) is 0 Å². The zero-order valence-corrected chi connectivity index (χ0v) is 20.2. The third-order valence-electron chi connectivity index (χ3n) is 6.04. The number of hydrogen-bond acceptors (Lipinski definition) is 5. The molecule has 0 radical (unpaired) electrons. The Morgan fingerprint density at radius 1 is 0.824 bits per heavy atom. The number of phenolic OH excluding ortho intramolecular Hbond substituents is 3. The molecule has 0 aromatic heterocycles.